The maximum atomic E-state index is 5.84. The number of rotatable bonds is 5. The summed E-state index contributed by atoms with van der Waals surface area (Å²) in [5, 5.41) is 2.67. The van der Waals surface area contributed by atoms with E-state index < -0.39 is 0 Å². The van der Waals surface area contributed by atoms with Crippen molar-refractivity contribution < 1.29 is 4.74 Å². The van der Waals surface area contributed by atoms with Crippen LogP contribution in [0.2, 0.25) is 0 Å². The lowest BCUT2D eigenvalue weighted by Gasteiger charge is -2.12. The van der Waals surface area contributed by atoms with Crippen LogP contribution in [-0.2, 0) is 10.9 Å². The zero-order valence-electron chi connectivity index (χ0n) is 11.4. The Bertz CT molecular complexity index is 517. The Morgan fingerprint density at radius 2 is 1.67 bits per heavy atom. The average Bonchev–Trinajstić information content (AvgIpc) is 2.42. The largest absolute Gasteiger partial charge is 0.489 e. The fraction of sp³-hybridized carbons (Fsp3) is 0.375. The van der Waals surface area contributed by atoms with E-state index in [-0.39, 0.29) is 10.9 Å². The SMILES string of the molecule is CCOc1ccc2ccccc2c1[S+](CC)CC. The third-order valence-corrected chi connectivity index (χ3v) is 5.52. The van der Waals surface area contributed by atoms with Gasteiger partial charge in [-0.1, -0.05) is 24.3 Å². The fourth-order valence-electron chi connectivity index (χ4n) is 2.28. The normalized spacial score (nSPS) is 11.1. The number of benzene rings is 2. The van der Waals surface area contributed by atoms with E-state index in [1.165, 1.54) is 27.2 Å². The second kappa shape index (κ2) is 6.14. The molecule has 96 valence electrons. The van der Waals surface area contributed by atoms with Gasteiger partial charge in [-0.15, -0.1) is 0 Å². The van der Waals surface area contributed by atoms with Crippen molar-refractivity contribution in [3.05, 3.63) is 36.4 Å². The fourth-order valence-corrected chi connectivity index (χ4v) is 4.18. The van der Waals surface area contributed by atoms with Crippen LogP contribution >= 0.6 is 0 Å². The molecular weight excluding hydrogens is 240 g/mol. The second-order valence-electron chi connectivity index (χ2n) is 4.12. The predicted octanol–water partition coefficient (Wildman–Crippen LogP) is 4.26. The van der Waals surface area contributed by atoms with Crippen molar-refractivity contribution >= 4 is 21.7 Å². The highest BCUT2D eigenvalue weighted by molar-refractivity contribution is 7.97. The Kier molecular flexibility index (Phi) is 4.54. The van der Waals surface area contributed by atoms with Gasteiger partial charge in [0, 0.05) is 16.3 Å². The summed E-state index contributed by atoms with van der Waals surface area (Å²) < 4.78 is 5.84. The number of ether oxygens (including phenoxy) is 1. The van der Waals surface area contributed by atoms with E-state index >= 15 is 0 Å². The molecule has 0 fully saturated rings. The molecule has 2 aromatic rings. The zero-order chi connectivity index (χ0) is 13.0. The van der Waals surface area contributed by atoms with Crippen LogP contribution < -0.4 is 4.74 Å². The van der Waals surface area contributed by atoms with E-state index in [9.17, 15) is 0 Å². The van der Waals surface area contributed by atoms with Crippen molar-refractivity contribution in [2.75, 3.05) is 18.1 Å². The highest BCUT2D eigenvalue weighted by atomic mass is 32.2. The first-order valence-electron chi connectivity index (χ1n) is 6.63. The quantitative estimate of drug-likeness (QED) is 0.731. The molecule has 0 heterocycles. The first kappa shape index (κ1) is 13.3. The van der Waals surface area contributed by atoms with Gasteiger partial charge < -0.3 is 4.74 Å². The Morgan fingerprint density at radius 3 is 2.33 bits per heavy atom. The first-order chi connectivity index (χ1) is 8.81. The molecular formula is C16H21OS+. The average molecular weight is 261 g/mol. The van der Waals surface area contributed by atoms with Crippen LogP contribution in [0.3, 0.4) is 0 Å². The molecule has 0 radical (unpaired) electrons. The number of hydrogen-bond acceptors (Lipinski definition) is 1. The standard InChI is InChI=1S/C16H21OS/c1-4-17-15-12-11-13-9-7-8-10-14(13)16(15)18(5-2)6-3/h7-12H,4-6H2,1-3H3/q+1. The van der Waals surface area contributed by atoms with Gasteiger partial charge in [-0.3, -0.25) is 0 Å². The molecule has 0 saturated heterocycles. The molecule has 0 amide bonds. The van der Waals surface area contributed by atoms with Crippen LogP contribution in [0.1, 0.15) is 20.8 Å². The van der Waals surface area contributed by atoms with Crippen LogP contribution in [0.25, 0.3) is 10.8 Å². The summed E-state index contributed by atoms with van der Waals surface area (Å²) in [7, 11) is 0.286. The minimum atomic E-state index is 0.286. The second-order valence-corrected chi connectivity index (χ2v) is 6.67. The Balaban J connectivity index is 2.65. The molecule has 2 aromatic carbocycles. The molecule has 0 aliphatic rings. The Labute approximate surface area is 113 Å². The number of fused-ring (bicyclic) bond motifs is 1. The Morgan fingerprint density at radius 1 is 0.944 bits per heavy atom. The Hall–Kier alpha value is -1.15. The van der Waals surface area contributed by atoms with Crippen molar-refractivity contribution in [1.29, 1.82) is 0 Å². The van der Waals surface area contributed by atoms with Gasteiger partial charge in [-0.2, -0.15) is 0 Å². The molecule has 0 aromatic heterocycles. The van der Waals surface area contributed by atoms with Crippen molar-refractivity contribution in [2.45, 2.75) is 25.7 Å². The van der Waals surface area contributed by atoms with E-state index in [0.717, 1.165) is 12.4 Å². The molecule has 2 rings (SSSR count). The van der Waals surface area contributed by atoms with Gasteiger partial charge in [0.1, 0.15) is 11.5 Å². The summed E-state index contributed by atoms with van der Waals surface area (Å²) in [6.07, 6.45) is 0. The van der Waals surface area contributed by atoms with Crippen molar-refractivity contribution in [3.63, 3.8) is 0 Å². The summed E-state index contributed by atoms with van der Waals surface area (Å²) in [5.41, 5.74) is 0. The van der Waals surface area contributed by atoms with Crippen molar-refractivity contribution in [1.82, 2.24) is 0 Å². The van der Waals surface area contributed by atoms with Gasteiger partial charge >= 0.3 is 0 Å². The molecule has 1 nitrogen and oxygen atoms in total. The van der Waals surface area contributed by atoms with Crippen LogP contribution in [0, 0.1) is 0 Å². The summed E-state index contributed by atoms with van der Waals surface area (Å²) in [5.74, 6) is 3.44. The first-order valence-corrected chi connectivity index (χ1v) is 8.20. The molecule has 0 aliphatic heterocycles. The number of hydrogen-bond donors (Lipinski definition) is 0. The molecule has 0 bridgehead atoms. The van der Waals surface area contributed by atoms with Crippen molar-refractivity contribution in [2.24, 2.45) is 0 Å². The monoisotopic (exact) mass is 261 g/mol. The summed E-state index contributed by atoms with van der Waals surface area (Å²) in [6.45, 7) is 7.32. The predicted molar refractivity (Wildman–Crippen MR) is 81.8 cm³/mol. The molecule has 0 N–H and O–H groups in total. The lowest BCUT2D eigenvalue weighted by atomic mass is 10.1. The lowest BCUT2D eigenvalue weighted by Crippen LogP contribution is -2.11. The van der Waals surface area contributed by atoms with Crippen LogP contribution in [0.15, 0.2) is 41.3 Å². The molecule has 0 atom stereocenters. The van der Waals surface area contributed by atoms with Crippen LogP contribution in [0.5, 0.6) is 5.75 Å². The molecule has 0 unspecified atom stereocenters. The maximum Gasteiger partial charge on any atom is 0.204 e. The zero-order valence-corrected chi connectivity index (χ0v) is 12.2. The smallest absolute Gasteiger partial charge is 0.204 e. The van der Waals surface area contributed by atoms with Gasteiger partial charge in [-0.05, 0) is 38.3 Å². The molecule has 0 saturated carbocycles. The van der Waals surface area contributed by atoms with Gasteiger partial charge in [0.05, 0.1) is 6.61 Å². The summed E-state index contributed by atoms with van der Waals surface area (Å²) in [4.78, 5) is 1.42. The van der Waals surface area contributed by atoms with E-state index in [4.69, 9.17) is 4.74 Å². The van der Waals surface area contributed by atoms with E-state index in [1.54, 1.807) is 0 Å². The van der Waals surface area contributed by atoms with Crippen LogP contribution in [-0.4, -0.2) is 18.1 Å². The summed E-state index contributed by atoms with van der Waals surface area (Å²) in [6, 6.07) is 12.9. The molecule has 18 heavy (non-hydrogen) atoms. The summed E-state index contributed by atoms with van der Waals surface area (Å²) >= 11 is 0. The molecule has 0 aliphatic carbocycles. The third-order valence-electron chi connectivity index (χ3n) is 3.13. The van der Waals surface area contributed by atoms with Gasteiger partial charge in [-0.25, -0.2) is 0 Å². The third kappa shape index (κ3) is 2.49. The lowest BCUT2D eigenvalue weighted by molar-refractivity contribution is 0.333. The molecule has 0 spiro atoms. The minimum Gasteiger partial charge on any atom is -0.489 e. The van der Waals surface area contributed by atoms with Crippen LogP contribution in [0.4, 0.5) is 0 Å². The van der Waals surface area contributed by atoms with Gasteiger partial charge in [0.25, 0.3) is 0 Å². The van der Waals surface area contributed by atoms with Gasteiger partial charge in [0.15, 0.2) is 5.75 Å². The topological polar surface area (TPSA) is 9.23 Å². The maximum absolute atomic E-state index is 5.84. The van der Waals surface area contributed by atoms with E-state index in [0.29, 0.717) is 0 Å². The van der Waals surface area contributed by atoms with E-state index in [1.807, 2.05) is 0 Å². The molecule has 2 heteroatoms. The minimum absolute atomic E-state index is 0.286. The van der Waals surface area contributed by atoms with Crippen molar-refractivity contribution in [3.8, 4) is 5.75 Å². The highest BCUT2D eigenvalue weighted by Crippen LogP contribution is 2.34. The van der Waals surface area contributed by atoms with Gasteiger partial charge in [0.2, 0.25) is 4.90 Å². The van der Waals surface area contributed by atoms with E-state index in [2.05, 4.69) is 57.2 Å². The highest BCUT2D eigenvalue weighted by Gasteiger charge is 2.25.